The highest BCUT2D eigenvalue weighted by Gasteiger charge is 2.14. The van der Waals surface area contributed by atoms with Crippen LogP contribution in [0.15, 0.2) is 39.3 Å². The van der Waals surface area contributed by atoms with E-state index in [1.165, 1.54) is 0 Å². The van der Waals surface area contributed by atoms with Crippen molar-refractivity contribution in [1.29, 1.82) is 0 Å². The molecule has 0 saturated heterocycles. The second-order valence-electron chi connectivity index (χ2n) is 4.49. The molecule has 0 aliphatic heterocycles. The molecule has 2 aromatic rings. The number of nitrogens with two attached hydrogens (primary N) is 1. The normalized spacial score (nSPS) is 10.3. The van der Waals surface area contributed by atoms with E-state index in [9.17, 15) is 4.79 Å². The van der Waals surface area contributed by atoms with Gasteiger partial charge in [0.25, 0.3) is 5.91 Å². The molecule has 0 atom stereocenters. The van der Waals surface area contributed by atoms with Crippen molar-refractivity contribution in [2.45, 2.75) is 6.92 Å². The van der Waals surface area contributed by atoms with E-state index in [1.807, 2.05) is 13.0 Å². The maximum absolute atomic E-state index is 12.4. The van der Waals surface area contributed by atoms with Crippen LogP contribution in [0, 0.1) is 6.92 Å². The van der Waals surface area contributed by atoms with Crippen LogP contribution in [0.3, 0.4) is 0 Å². The lowest BCUT2D eigenvalue weighted by molar-refractivity contribution is 0.102. The minimum atomic E-state index is -0.246. The molecule has 6 heteroatoms. The van der Waals surface area contributed by atoms with Gasteiger partial charge >= 0.3 is 0 Å². The molecule has 4 nitrogen and oxygen atoms in total. The fourth-order valence-electron chi connectivity index (χ4n) is 1.78. The van der Waals surface area contributed by atoms with E-state index in [0.29, 0.717) is 27.2 Å². The molecule has 0 spiro atoms. The SMILES string of the molecule is COc1ccc(Br)c(C(=O)Nc2cc(N)c(C)cc2Br)c1. The summed E-state index contributed by atoms with van der Waals surface area (Å²) in [7, 11) is 1.56. The van der Waals surface area contributed by atoms with E-state index in [0.717, 1.165) is 10.0 Å². The standard InChI is InChI=1S/C15H14Br2N2O2/c1-8-5-12(17)14(7-13(8)18)19-15(20)10-6-9(21-2)3-4-11(10)16/h3-7H,18H2,1-2H3,(H,19,20). The molecule has 0 aromatic heterocycles. The largest absolute Gasteiger partial charge is 0.497 e. The molecule has 0 radical (unpaired) electrons. The Morgan fingerprint density at radius 2 is 1.90 bits per heavy atom. The van der Waals surface area contributed by atoms with Crippen molar-refractivity contribution in [2.75, 3.05) is 18.2 Å². The molecule has 2 rings (SSSR count). The van der Waals surface area contributed by atoms with Gasteiger partial charge in [0, 0.05) is 14.6 Å². The molecule has 0 aliphatic rings. The highest BCUT2D eigenvalue weighted by Crippen LogP contribution is 2.29. The number of ether oxygens (including phenoxy) is 1. The smallest absolute Gasteiger partial charge is 0.256 e. The number of halogens is 2. The Kier molecular flexibility index (Phi) is 4.90. The highest BCUT2D eigenvalue weighted by atomic mass is 79.9. The van der Waals surface area contributed by atoms with Crippen molar-refractivity contribution in [3.05, 3.63) is 50.4 Å². The average Bonchev–Trinajstić information content (AvgIpc) is 2.45. The number of rotatable bonds is 3. The maximum atomic E-state index is 12.4. The number of carbonyl (C=O) groups is 1. The zero-order valence-corrected chi connectivity index (χ0v) is 14.7. The summed E-state index contributed by atoms with van der Waals surface area (Å²) in [6.45, 7) is 1.91. The monoisotopic (exact) mass is 412 g/mol. The zero-order valence-electron chi connectivity index (χ0n) is 11.5. The molecule has 0 saturated carbocycles. The first-order valence-corrected chi connectivity index (χ1v) is 7.71. The zero-order chi connectivity index (χ0) is 15.6. The van der Waals surface area contributed by atoms with Crippen molar-refractivity contribution in [1.82, 2.24) is 0 Å². The Labute approximate surface area is 139 Å². The highest BCUT2D eigenvalue weighted by molar-refractivity contribution is 9.11. The van der Waals surface area contributed by atoms with Crippen LogP contribution in [-0.4, -0.2) is 13.0 Å². The van der Waals surface area contributed by atoms with Gasteiger partial charge in [-0.15, -0.1) is 0 Å². The Bertz CT molecular complexity index is 702. The molecule has 0 unspecified atom stereocenters. The number of carbonyl (C=O) groups excluding carboxylic acids is 1. The summed E-state index contributed by atoms with van der Waals surface area (Å²) in [5.74, 6) is 0.371. The van der Waals surface area contributed by atoms with E-state index in [2.05, 4.69) is 37.2 Å². The third kappa shape index (κ3) is 3.57. The predicted octanol–water partition coefficient (Wildman–Crippen LogP) is 4.36. The molecule has 110 valence electrons. The lowest BCUT2D eigenvalue weighted by atomic mass is 10.1. The van der Waals surface area contributed by atoms with Gasteiger partial charge in [0.15, 0.2) is 0 Å². The van der Waals surface area contributed by atoms with E-state index in [1.54, 1.807) is 31.4 Å². The van der Waals surface area contributed by atoms with Gasteiger partial charge in [0.2, 0.25) is 0 Å². The average molecular weight is 414 g/mol. The number of amides is 1. The van der Waals surface area contributed by atoms with E-state index in [-0.39, 0.29) is 5.91 Å². The van der Waals surface area contributed by atoms with Crippen LogP contribution >= 0.6 is 31.9 Å². The second-order valence-corrected chi connectivity index (χ2v) is 6.20. The number of nitrogens with one attached hydrogen (secondary N) is 1. The number of hydrogen-bond donors (Lipinski definition) is 2. The number of hydrogen-bond acceptors (Lipinski definition) is 3. The first-order chi connectivity index (χ1) is 9.92. The van der Waals surface area contributed by atoms with Gasteiger partial charge in [-0.25, -0.2) is 0 Å². The van der Waals surface area contributed by atoms with Crippen LogP contribution in [0.2, 0.25) is 0 Å². The molecule has 21 heavy (non-hydrogen) atoms. The van der Waals surface area contributed by atoms with Crippen molar-refractivity contribution in [3.63, 3.8) is 0 Å². The molecular weight excluding hydrogens is 400 g/mol. The Morgan fingerprint density at radius 3 is 2.57 bits per heavy atom. The molecule has 3 N–H and O–H groups in total. The predicted molar refractivity (Wildman–Crippen MR) is 91.9 cm³/mol. The number of nitrogen functional groups attached to an aromatic ring is 1. The van der Waals surface area contributed by atoms with Crippen molar-refractivity contribution in [3.8, 4) is 5.75 Å². The van der Waals surface area contributed by atoms with Crippen LogP contribution < -0.4 is 15.8 Å². The lowest BCUT2D eigenvalue weighted by Crippen LogP contribution is -2.13. The second kappa shape index (κ2) is 6.49. The number of anilines is 2. The van der Waals surface area contributed by atoms with Gasteiger partial charge in [-0.05, 0) is 74.7 Å². The molecule has 2 aromatic carbocycles. The molecule has 1 amide bonds. The van der Waals surface area contributed by atoms with Gasteiger partial charge in [0.05, 0.1) is 18.4 Å². The van der Waals surface area contributed by atoms with E-state index >= 15 is 0 Å². The van der Waals surface area contributed by atoms with Crippen LogP contribution in [0.25, 0.3) is 0 Å². The van der Waals surface area contributed by atoms with Crippen LogP contribution in [0.1, 0.15) is 15.9 Å². The summed E-state index contributed by atoms with van der Waals surface area (Å²) in [4.78, 5) is 12.4. The van der Waals surface area contributed by atoms with Crippen molar-refractivity contribution < 1.29 is 9.53 Å². The minimum Gasteiger partial charge on any atom is -0.497 e. The number of benzene rings is 2. The van der Waals surface area contributed by atoms with Gasteiger partial charge in [-0.3, -0.25) is 4.79 Å². The fourth-order valence-corrected chi connectivity index (χ4v) is 2.76. The van der Waals surface area contributed by atoms with Crippen LogP contribution in [-0.2, 0) is 0 Å². The summed E-state index contributed by atoms with van der Waals surface area (Å²) in [5.41, 5.74) is 8.56. The van der Waals surface area contributed by atoms with Crippen molar-refractivity contribution in [2.24, 2.45) is 0 Å². The van der Waals surface area contributed by atoms with Gasteiger partial charge < -0.3 is 15.8 Å². The third-order valence-corrected chi connectivity index (χ3v) is 4.37. The topological polar surface area (TPSA) is 64.3 Å². The van der Waals surface area contributed by atoms with Gasteiger partial charge in [0.1, 0.15) is 5.75 Å². The van der Waals surface area contributed by atoms with Crippen LogP contribution in [0.5, 0.6) is 5.75 Å². The third-order valence-electron chi connectivity index (χ3n) is 3.02. The lowest BCUT2D eigenvalue weighted by Gasteiger charge is -2.12. The molecule has 0 heterocycles. The molecular formula is C15H14Br2N2O2. The number of aryl methyl sites for hydroxylation is 1. The molecule has 0 fully saturated rings. The summed E-state index contributed by atoms with van der Waals surface area (Å²) < 4.78 is 6.61. The first kappa shape index (κ1) is 15.9. The van der Waals surface area contributed by atoms with Crippen LogP contribution in [0.4, 0.5) is 11.4 Å². The summed E-state index contributed by atoms with van der Waals surface area (Å²) in [6.07, 6.45) is 0. The maximum Gasteiger partial charge on any atom is 0.256 e. The quantitative estimate of drug-likeness (QED) is 0.734. The Hall–Kier alpha value is -1.53. The Morgan fingerprint density at radius 1 is 1.19 bits per heavy atom. The fraction of sp³-hybridized carbons (Fsp3) is 0.133. The van der Waals surface area contributed by atoms with Gasteiger partial charge in [-0.2, -0.15) is 0 Å². The first-order valence-electron chi connectivity index (χ1n) is 6.13. The molecule has 0 bridgehead atoms. The Balaban J connectivity index is 2.32. The summed E-state index contributed by atoms with van der Waals surface area (Å²) >= 11 is 6.79. The summed E-state index contributed by atoms with van der Waals surface area (Å²) in [6, 6.07) is 8.81. The van der Waals surface area contributed by atoms with E-state index < -0.39 is 0 Å². The van der Waals surface area contributed by atoms with E-state index in [4.69, 9.17) is 10.5 Å². The molecule has 0 aliphatic carbocycles. The van der Waals surface area contributed by atoms with Gasteiger partial charge in [-0.1, -0.05) is 0 Å². The minimum absolute atomic E-state index is 0.246. The summed E-state index contributed by atoms with van der Waals surface area (Å²) in [5, 5.41) is 2.84. The van der Waals surface area contributed by atoms with Crippen molar-refractivity contribution >= 4 is 49.1 Å². The number of methoxy groups -OCH3 is 1.